The van der Waals surface area contributed by atoms with E-state index in [9.17, 15) is 32.6 Å². The summed E-state index contributed by atoms with van der Waals surface area (Å²) in [6, 6.07) is 0. The van der Waals surface area contributed by atoms with Crippen LogP contribution in [0.15, 0.2) is 4.79 Å². The highest BCUT2D eigenvalue weighted by atomic mass is 35.5. The molecule has 3 rings (SSSR count). The van der Waals surface area contributed by atoms with Gasteiger partial charge in [0, 0.05) is 6.54 Å². The maximum Gasteiger partial charge on any atom is 0.417 e. The van der Waals surface area contributed by atoms with Gasteiger partial charge in [0.15, 0.2) is 29.3 Å². The van der Waals surface area contributed by atoms with Gasteiger partial charge in [-0.05, 0) is 6.42 Å². The number of hydrogen-bond donors (Lipinski definition) is 3. The summed E-state index contributed by atoms with van der Waals surface area (Å²) in [5.74, 6) is -0.351. The van der Waals surface area contributed by atoms with Gasteiger partial charge in [0.1, 0.15) is 17.7 Å². The Labute approximate surface area is 159 Å². The number of aromatic nitrogens is 4. The molecule has 9 nitrogen and oxygen atoms in total. The van der Waals surface area contributed by atoms with Crippen LogP contribution in [0, 0.1) is 0 Å². The van der Waals surface area contributed by atoms with E-state index in [0.717, 1.165) is 4.57 Å². The van der Waals surface area contributed by atoms with Crippen LogP contribution in [0.25, 0.3) is 11.2 Å². The summed E-state index contributed by atoms with van der Waals surface area (Å²) in [5.41, 5.74) is 4.43. The number of aliphatic hydroxyl groups is 2. The Bertz CT molecular complexity index is 948. The third kappa shape index (κ3) is 3.21. The molecule has 1 unspecified atom stereocenters. The molecule has 1 aliphatic rings. The first kappa shape index (κ1) is 20.8. The average Bonchev–Trinajstić information content (AvgIpc) is 3.02. The molecule has 156 valence electrons. The maximum absolute atomic E-state index is 14.3. The molecule has 0 aliphatic carbocycles. The lowest BCUT2D eigenvalue weighted by Gasteiger charge is -2.22. The average molecular weight is 430 g/mol. The molecular formula is C14H16ClF4N5O4. The largest absolute Gasteiger partial charge is 0.417 e. The fourth-order valence-corrected chi connectivity index (χ4v) is 3.40. The molecule has 2 aromatic rings. The number of rotatable bonds is 4. The monoisotopic (exact) mass is 429 g/mol. The van der Waals surface area contributed by atoms with E-state index in [0.29, 0.717) is 11.0 Å². The summed E-state index contributed by atoms with van der Waals surface area (Å²) in [5, 5.41) is 19.2. The van der Waals surface area contributed by atoms with Crippen LogP contribution in [0.5, 0.6) is 0 Å². The molecule has 0 aromatic carbocycles. The Morgan fingerprint density at radius 2 is 2.04 bits per heavy atom. The van der Waals surface area contributed by atoms with Crippen molar-refractivity contribution < 1.29 is 32.5 Å². The van der Waals surface area contributed by atoms with Gasteiger partial charge in [-0.3, -0.25) is 4.57 Å². The van der Waals surface area contributed by atoms with Crippen molar-refractivity contribution in [3.63, 3.8) is 0 Å². The molecule has 1 fully saturated rings. The molecule has 0 amide bonds. The Balaban J connectivity index is 2.16. The molecule has 1 saturated heterocycles. The maximum atomic E-state index is 14.3. The standard InChI is InChI=1S/C14H16ClF4N5O4/c1-2-3-23-5-9(15)21-12(20)22-10(5)24(13(23)27)11-6(25)4(16)7(28-11)8(26)14(17,18)19/h4,6-8,11,25-26H,2-3H2,1H3,(H2,20,21,22)/t4-,6-,7+,8?,11-/m1/s1. The fraction of sp³-hybridized carbons (Fsp3) is 0.643. The smallest absolute Gasteiger partial charge is 0.385 e. The molecule has 2 aromatic heterocycles. The second kappa shape index (κ2) is 7.13. The molecule has 0 spiro atoms. The van der Waals surface area contributed by atoms with Crippen molar-refractivity contribution in [1.29, 1.82) is 0 Å². The highest BCUT2D eigenvalue weighted by Crippen LogP contribution is 2.38. The zero-order valence-electron chi connectivity index (χ0n) is 14.3. The number of nitrogen functional groups attached to an aromatic ring is 1. The number of aliphatic hydroxyl groups excluding tert-OH is 2. The van der Waals surface area contributed by atoms with Crippen LogP contribution >= 0.6 is 11.6 Å². The number of nitrogens with zero attached hydrogens (tertiary/aromatic N) is 4. The molecule has 0 radical (unpaired) electrons. The van der Waals surface area contributed by atoms with Crippen molar-refractivity contribution in [2.75, 3.05) is 5.73 Å². The van der Waals surface area contributed by atoms with Crippen LogP contribution in [0.3, 0.4) is 0 Å². The minimum Gasteiger partial charge on any atom is -0.385 e. The zero-order valence-corrected chi connectivity index (χ0v) is 15.0. The fourth-order valence-electron chi connectivity index (χ4n) is 3.13. The molecule has 28 heavy (non-hydrogen) atoms. The Morgan fingerprint density at radius 1 is 1.39 bits per heavy atom. The number of anilines is 1. The summed E-state index contributed by atoms with van der Waals surface area (Å²) >= 11 is 6.03. The van der Waals surface area contributed by atoms with Gasteiger partial charge in [-0.2, -0.15) is 23.1 Å². The number of hydrogen-bond acceptors (Lipinski definition) is 7. The third-order valence-corrected chi connectivity index (χ3v) is 4.62. The van der Waals surface area contributed by atoms with Gasteiger partial charge in [-0.15, -0.1) is 0 Å². The molecule has 5 atom stereocenters. The van der Waals surface area contributed by atoms with Crippen LogP contribution in [-0.4, -0.2) is 60.0 Å². The first-order valence-corrected chi connectivity index (χ1v) is 8.53. The molecule has 0 saturated carbocycles. The molecular weight excluding hydrogens is 414 g/mol. The molecule has 1 aliphatic heterocycles. The predicted molar refractivity (Wildman–Crippen MR) is 88.4 cm³/mol. The summed E-state index contributed by atoms with van der Waals surface area (Å²) in [6.45, 7) is 1.88. The summed E-state index contributed by atoms with van der Waals surface area (Å²) in [4.78, 5) is 20.4. The Hall–Kier alpha value is -1.96. The predicted octanol–water partition coefficient (Wildman–Crippen LogP) is 0.758. The Kier molecular flexibility index (Phi) is 5.29. The van der Waals surface area contributed by atoms with Crippen molar-refractivity contribution in [3.8, 4) is 0 Å². The lowest BCUT2D eigenvalue weighted by molar-refractivity contribution is -0.241. The zero-order chi connectivity index (χ0) is 21.0. The third-order valence-electron chi connectivity index (χ3n) is 4.35. The normalized spacial score (nSPS) is 26.9. The topological polar surface area (TPSA) is 128 Å². The number of ether oxygens (including phenoxy) is 1. The SMILES string of the molecule is CCCn1c(=O)n([C@@H]2O[C@H](C(O)C(F)(F)F)[C@H](F)[C@H]2O)c2nc(N)nc(Cl)c21. The van der Waals surface area contributed by atoms with Crippen LogP contribution in [0.2, 0.25) is 5.15 Å². The van der Waals surface area contributed by atoms with Crippen LogP contribution in [0.4, 0.5) is 23.5 Å². The highest BCUT2D eigenvalue weighted by molar-refractivity contribution is 6.33. The number of aryl methyl sites for hydroxylation is 1. The summed E-state index contributed by atoms with van der Waals surface area (Å²) in [7, 11) is 0. The van der Waals surface area contributed by atoms with E-state index < -0.39 is 42.6 Å². The number of imidazole rings is 1. The first-order chi connectivity index (χ1) is 13.0. The minimum atomic E-state index is -5.19. The second-order valence-electron chi connectivity index (χ2n) is 6.26. The molecule has 3 heterocycles. The van der Waals surface area contributed by atoms with Crippen LogP contribution in [0.1, 0.15) is 19.6 Å². The number of fused-ring (bicyclic) bond motifs is 1. The second-order valence-corrected chi connectivity index (χ2v) is 6.62. The van der Waals surface area contributed by atoms with E-state index in [1.165, 1.54) is 0 Å². The van der Waals surface area contributed by atoms with Gasteiger partial charge in [0.2, 0.25) is 5.95 Å². The summed E-state index contributed by atoms with van der Waals surface area (Å²) < 4.78 is 59.3. The van der Waals surface area contributed by atoms with Crippen LogP contribution in [-0.2, 0) is 11.3 Å². The number of nitrogens with two attached hydrogens (primary N) is 1. The van der Waals surface area contributed by atoms with Gasteiger partial charge >= 0.3 is 11.9 Å². The van der Waals surface area contributed by atoms with Gasteiger partial charge in [0.05, 0.1) is 0 Å². The number of alkyl halides is 4. The van der Waals surface area contributed by atoms with Crippen LogP contribution < -0.4 is 11.4 Å². The number of halogens is 5. The van der Waals surface area contributed by atoms with E-state index in [4.69, 9.17) is 22.1 Å². The molecule has 4 N–H and O–H groups in total. The van der Waals surface area contributed by atoms with E-state index >= 15 is 0 Å². The molecule has 14 heteroatoms. The molecule has 0 bridgehead atoms. The lowest BCUT2D eigenvalue weighted by Crippen LogP contribution is -2.44. The lowest BCUT2D eigenvalue weighted by atomic mass is 10.1. The van der Waals surface area contributed by atoms with E-state index in [2.05, 4.69) is 9.97 Å². The van der Waals surface area contributed by atoms with Crippen molar-refractivity contribution in [2.24, 2.45) is 0 Å². The van der Waals surface area contributed by atoms with Gasteiger partial charge < -0.3 is 20.7 Å². The van der Waals surface area contributed by atoms with Crippen molar-refractivity contribution >= 4 is 28.7 Å². The quantitative estimate of drug-likeness (QED) is 0.483. The minimum absolute atomic E-state index is 0.00810. The van der Waals surface area contributed by atoms with Crippen molar-refractivity contribution in [3.05, 3.63) is 15.6 Å². The highest BCUT2D eigenvalue weighted by Gasteiger charge is 2.56. The van der Waals surface area contributed by atoms with E-state index in [1.807, 2.05) is 0 Å². The Morgan fingerprint density at radius 3 is 2.61 bits per heavy atom. The van der Waals surface area contributed by atoms with Gasteiger partial charge in [-0.25, -0.2) is 13.8 Å². The first-order valence-electron chi connectivity index (χ1n) is 8.15. The summed E-state index contributed by atoms with van der Waals surface area (Å²) in [6.07, 6.45) is -17.1. The van der Waals surface area contributed by atoms with Gasteiger partial charge in [0.25, 0.3) is 0 Å². The van der Waals surface area contributed by atoms with E-state index in [1.54, 1.807) is 6.92 Å². The van der Waals surface area contributed by atoms with Crippen molar-refractivity contribution in [1.82, 2.24) is 19.1 Å². The van der Waals surface area contributed by atoms with Crippen molar-refractivity contribution in [2.45, 2.75) is 56.8 Å². The van der Waals surface area contributed by atoms with Gasteiger partial charge in [-0.1, -0.05) is 18.5 Å². The van der Waals surface area contributed by atoms with E-state index in [-0.39, 0.29) is 28.8 Å².